The maximum Gasteiger partial charge on any atom is 0.156 e. The van der Waals surface area contributed by atoms with Gasteiger partial charge in [-0.3, -0.25) is 0 Å². The number of hydrogen-bond donors (Lipinski definition) is 0. The summed E-state index contributed by atoms with van der Waals surface area (Å²) in [5.74, 6) is 0. The predicted molar refractivity (Wildman–Crippen MR) is 66.1 cm³/mol. The van der Waals surface area contributed by atoms with Crippen LogP contribution in [0.4, 0.5) is 0 Å². The van der Waals surface area contributed by atoms with Crippen LogP contribution in [0.5, 0.6) is 0 Å². The Hall–Kier alpha value is -1.68. The van der Waals surface area contributed by atoms with Crippen LogP contribution in [0.1, 0.15) is 0 Å². The van der Waals surface area contributed by atoms with Gasteiger partial charge in [-0.05, 0) is 15.9 Å². The average molecular weight is 274 g/mol. The van der Waals surface area contributed by atoms with Crippen LogP contribution in [-0.2, 0) is 0 Å². The minimum Gasteiger partial charge on any atom is -0.302 e. The molecular formula is C12H8BrN3. The van der Waals surface area contributed by atoms with Crippen molar-refractivity contribution >= 4 is 21.6 Å². The molecule has 0 atom stereocenters. The highest BCUT2D eigenvalue weighted by atomic mass is 79.9. The molecule has 0 aliphatic rings. The molecule has 0 radical (unpaired) electrons. The monoisotopic (exact) mass is 273 g/mol. The third-order valence-corrected chi connectivity index (χ3v) is 2.79. The Bertz CT molecular complexity index is 631. The van der Waals surface area contributed by atoms with Crippen LogP contribution >= 0.6 is 15.9 Å². The second-order valence-corrected chi connectivity index (χ2v) is 4.28. The molecule has 0 N–H and O–H groups in total. The van der Waals surface area contributed by atoms with Crippen molar-refractivity contribution in [3.05, 3.63) is 53.5 Å². The summed E-state index contributed by atoms with van der Waals surface area (Å²) in [6.07, 6.45) is 5.64. The fraction of sp³-hybridized carbons (Fsp3) is 0. The van der Waals surface area contributed by atoms with E-state index in [9.17, 15) is 0 Å². The van der Waals surface area contributed by atoms with Crippen LogP contribution in [0.2, 0.25) is 0 Å². The molecule has 3 nitrogen and oxygen atoms in total. The second kappa shape index (κ2) is 3.72. The quantitative estimate of drug-likeness (QED) is 0.682. The molecule has 2 heterocycles. The lowest BCUT2D eigenvalue weighted by Gasteiger charge is -1.92. The van der Waals surface area contributed by atoms with E-state index in [1.165, 1.54) is 0 Å². The van der Waals surface area contributed by atoms with Gasteiger partial charge in [0.15, 0.2) is 5.65 Å². The van der Waals surface area contributed by atoms with Crippen molar-refractivity contribution in [1.29, 1.82) is 0 Å². The SMILES string of the molecule is Brc1cn2cc(-c3ccccc3)nc2cn1. The maximum absolute atomic E-state index is 4.50. The van der Waals surface area contributed by atoms with Crippen molar-refractivity contribution in [2.24, 2.45) is 0 Å². The molecule has 4 heteroatoms. The van der Waals surface area contributed by atoms with Gasteiger partial charge in [0.2, 0.25) is 0 Å². The predicted octanol–water partition coefficient (Wildman–Crippen LogP) is 3.16. The van der Waals surface area contributed by atoms with Gasteiger partial charge < -0.3 is 4.40 Å². The number of hydrogen-bond acceptors (Lipinski definition) is 2. The van der Waals surface area contributed by atoms with Gasteiger partial charge in [0.1, 0.15) is 4.60 Å². The van der Waals surface area contributed by atoms with Crippen LogP contribution in [0.25, 0.3) is 16.9 Å². The van der Waals surface area contributed by atoms with E-state index in [4.69, 9.17) is 0 Å². The number of aromatic nitrogens is 3. The van der Waals surface area contributed by atoms with E-state index in [0.29, 0.717) is 0 Å². The standard InChI is InChI=1S/C12H8BrN3/c13-11-8-16-7-10(15-12(16)6-14-11)9-4-2-1-3-5-9/h1-8H. The Morgan fingerprint density at radius 3 is 2.69 bits per heavy atom. The Labute approximate surface area is 101 Å². The van der Waals surface area contributed by atoms with E-state index in [2.05, 4.69) is 25.9 Å². The highest BCUT2D eigenvalue weighted by molar-refractivity contribution is 9.10. The van der Waals surface area contributed by atoms with Crippen molar-refractivity contribution in [1.82, 2.24) is 14.4 Å². The number of rotatable bonds is 1. The fourth-order valence-electron chi connectivity index (χ4n) is 1.62. The Kier molecular flexibility index (Phi) is 2.22. The van der Waals surface area contributed by atoms with E-state index in [-0.39, 0.29) is 0 Å². The Morgan fingerprint density at radius 1 is 1.06 bits per heavy atom. The first-order valence-electron chi connectivity index (χ1n) is 4.88. The highest BCUT2D eigenvalue weighted by Gasteiger charge is 2.03. The summed E-state index contributed by atoms with van der Waals surface area (Å²) >= 11 is 3.34. The van der Waals surface area contributed by atoms with Crippen LogP contribution < -0.4 is 0 Å². The molecule has 16 heavy (non-hydrogen) atoms. The van der Waals surface area contributed by atoms with Crippen LogP contribution in [0, 0.1) is 0 Å². The minimum atomic E-state index is 0.803. The molecule has 0 amide bonds. The van der Waals surface area contributed by atoms with E-state index < -0.39 is 0 Å². The zero-order chi connectivity index (χ0) is 11.0. The maximum atomic E-state index is 4.50. The number of nitrogens with zero attached hydrogens (tertiary/aromatic N) is 3. The van der Waals surface area contributed by atoms with Gasteiger partial charge in [0.05, 0.1) is 11.9 Å². The topological polar surface area (TPSA) is 30.2 Å². The van der Waals surface area contributed by atoms with Gasteiger partial charge in [-0.2, -0.15) is 0 Å². The third kappa shape index (κ3) is 1.61. The molecule has 0 aliphatic carbocycles. The zero-order valence-corrected chi connectivity index (χ0v) is 9.92. The number of imidazole rings is 1. The summed E-state index contributed by atoms with van der Waals surface area (Å²) in [7, 11) is 0. The molecule has 0 aliphatic heterocycles. The number of benzene rings is 1. The first-order chi connectivity index (χ1) is 7.83. The Balaban J connectivity index is 2.19. The lowest BCUT2D eigenvalue weighted by Crippen LogP contribution is -1.84. The third-order valence-electron chi connectivity index (χ3n) is 2.38. The van der Waals surface area contributed by atoms with Gasteiger partial charge in [-0.15, -0.1) is 0 Å². The average Bonchev–Trinajstić information content (AvgIpc) is 2.73. The molecule has 78 valence electrons. The molecule has 3 aromatic rings. The van der Waals surface area contributed by atoms with E-state index in [1.54, 1.807) is 6.20 Å². The molecule has 0 saturated heterocycles. The van der Waals surface area contributed by atoms with Gasteiger partial charge in [0, 0.05) is 18.0 Å². The van der Waals surface area contributed by atoms with Crippen molar-refractivity contribution in [2.45, 2.75) is 0 Å². The van der Waals surface area contributed by atoms with Crippen LogP contribution in [0.15, 0.2) is 53.5 Å². The van der Waals surface area contributed by atoms with E-state index in [0.717, 1.165) is 21.5 Å². The minimum absolute atomic E-state index is 0.803. The first kappa shape index (κ1) is 9.54. The molecule has 3 rings (SSSR count). The molecule has 0 bridgehead atoms. The van der Waals surface area contributed by atoms with Crippen LogP contribution in [0.3, 0.4) is 0 Å². The van der Waals surface area contributed by atoms with E-state index in [1.807, 2.05) is 47.1 Å². The number of fused-ring (bicyclic) bond motifs is 1. The molecule has 0 unspecified atom stereocenters. The van der Waals surface area contributed by atoms with Crippen molar-refractivity contribution in [3.8, 4) is 11.3 Å². The van der Waals surface area contributed by atoms with E-state index >= 15 is 0 Å². The molecule has 2 aromatic heterocycles. The molecule has 0 fully saturated rings. The van der Waals surface area contributed by atoms with Crippen molar-refractivity contribution < 1.29 is 0 Å². The fourth-order valence-corrected chi connectivity index (χ4v) is 1.95. The summed E-state index contributed by atoms with van der Waals surface area (Å²) < 4.78 is 2.76. The normalized spacial score (nSPS) is 10.8. The lowest BCUT2D eigenvalue weighted by atomic mass is 10.2. The van der Waals surface area contributed by atoms with Crippen molar-refractivity contribution in [2.75, 3.05) is 0 Å². The van der Waals surface area contributed by atoms with Gasteiger partial charge in [-0.1, -0.05) is 30.3 Å². The largest absolute Gasteiger partial charge is 0.302 e. The number of halogens is 1. The van der Waals surface area contributed by atoms with Crippen molar-refractivity contribution in [3.63, 3.8) is 0 Å². The lowest BCUT2D eigenvalue weighted by molar-refractivity contribution is 1.10. The second-order valence-electron chi connectivity index (χ2n) is 3.47. The summed E-state index contributed by atoms with van der Waals surface area (Å²) in [4.78, 5) is 8.65. The summed E-state index contributed by atoms with van der Waals surface area (Å²) in [6, 6.07) is 10.1. The molecular weight excluding hydrogens is 266 g/mol. The van der Waals surface area contributed by atoms with Crippen LogP contribution in [-0.4, -0.2) is 14.4 Å². The van der Waals surface area contributed by atoms with Gasteiger partial charge in [-0.25, -0.2) is 9.97 Å². The smallest absolute Gasteiger partial charge is 0.156 e. The Morgan fingerprint density at radius 2 is 1.88 bits per heavy atom. The van der Waals surface area contributed by atoms with Gasteiger partial charge in [0.25, 0.3) is 0 Å². The molecule has 1 aromatic carbocycles. The van der Waals surface area contributed by atoms with Gasteiger partial charge >= 0.3 is 0 Å². The zero-order valence-electron chi connectivity index (χ0n) is 8.34. The summed E-state index contributed by atoms with van der Waals surface area (Å²) in [5.41, 5.74) is 2.92. The first-order valence-corrected chi connectivity index (χ1v) is 5.68. The molecule has 0 saturated carbocycles. The summed E-state index contributed by atoms with van der Waals surface area (Å²) in [5, 5.41) is 0. The summed E-state index contributed by atoms with van der Waals surface area (Å²) in [6.45, 7) is 0. The molecule has 0 spiro atoms. The highest BCUT2D eigenvalue weighted by Crippen LogP contribution is 2.19.